The third kappa shape index (κ3) is 6.36. The number of nitrogens with one attached hydrogen (secondary N) is 2. The Kier molecular flexibility index (Phi) is 7.87. The lowest BCUT2D eigenvalue weighted by atomic mass is 10.0. The molecule has 0 saturated carbocycles. The minimum absolute atomic E-state index is 0.0928. The zero-order valence-corrected chi connectivity index (χ0v) is 17.3. The quantitative estimate of drug-likeness (QED) is 0.523. The highest BCUT2D eigenvalue weighted by Gasteiger charge is 2.19. The van der Waals surface area contributed by atoms with E-state index in [4.69, 9.17) is 4.74 Å². The van der Waals surface area contributed by atoms with Crippen molar-refractivity contribution in [2.75, 3.05) is 20.2 Å². The first kappa shape index (κ1) is 21.4. The Bertz CT molecular complexity index is 880. The second-order valence-corrected chi connectivity index (χ2v) is 7.40. The van der Waals surface area contributed by atoms with E-state index in [2.05, 4.69) is 39.8 Å². The Balaban J connectivity index is 1.43. The Morgan fingerprint density at radius 1 is 1.13 bits per heavy atom. The lowest BCUT2D eigenvalue weighted by molar-refractivity contribution is -0.117. The predicted octanol–water partition coefficient (Wildman–Crippen LogP) is 2.97. The molecule has 0 unspecified atom stereocenters. The number of rotatable bonds is 8. The van der Waals surface area contributed by atoms with E-state index in [0.29, 0.717) is 6.54 Å². The monoisotopic (exact) mass is 404 g/mol. The number of hydrogen-bond acceptors (Lipinski definition) is 5. The number of ether oxygens (including phenoxy) is 1. The Hall–Kier alpha value is -3.30. The average molecular weight is 405 g/mol. The van der Waals surface area contributed by atoms with Crippen LogP contribution in [-0.4, -0.2) is 37.0 Å². The van der Waals surface area contributed by atoms with Crippen molar-refractivity contribution in [1.82, 2.24) is 15.5 Å². The minimum atomic E-state index is -0.373. The van der Waals surface area contributed by atoms with E-state index >= 15 is 0 Å². The fraction of sp³-hybridized carbons (Fsp3) is 0.333. The van der Waals surface area contributed by atoms with E-state index in [0.717, 1.165) is 43.8 Å². The van der Waals surface area contributed by atoms with Crippen molar-refractivity contribution in [3.63, 3.8) is 0 Å². The third-order valence-electron chi connectivity index (χ3n) is 5.28. The summed E-state index contributed by atoms with van der Waals surface area (Å²) in [6.07, 6.45) is 3.52. The van der Waals surface area contributed by atoms with Gasteiger partial charge in [-0.15, -0.1) is 0 Å². The van der Waals surface area contributed by atoms with Crippen LogP contribution in [0.3, 0.4) is 0 Å². The molecule has 3 rings (SSSR count). The number of nitrogens with zero attached hydrogens (tertiary/aromatic N) is 2. The van der Waals surface area contributed by atoms with Gasteiger partial charge in [-0.25, -0.2) is 0 Å². The summed E-state index contributed by atoms with van der Waals surface area (Å²) in [7, 11) is 1.61. The predicted molar refractivity (Wildman–Crippen MR) is 116 cm³/mol. The molecule has 1 aliphatic rings. The van der Waals surface area contributed by atoms with Gasteiger partial charge in [0.05, 0.1) is 7.11 Å². The first-order valence-electron chi connectivity index (χ1n) is 10.2. The van der Waals surface area contributed by atoms with Crippen LogP contribution in [0.1, 0.15) is 24.0 Å². The summed E-state index contributed by atoms with van der Waals surface area (Å²) in [6.45, 7) is 3.30. The summed E-state index contributed by atoms with van der Waals surface area (Å²) in [5.74, 6) is 0.393. The molecule has 2 N–H and O–H groups in total. The molecule has 6 heteroatoms. The highest BCUT2D eigenvalue weighted by atomic mass is 16.5. The molecule has 1 fully saturated rings. The highest BCUT2D eigenvalue weighted by molar-refractivity contribution is 5.97. The zero-order valence-electron chi connectivity index (χ0n) is 17.3. The van der Waals surface area contributed by atoms with Gasteiger partial charge in [-0.2, -0.15) is 5.26 Å². The van der Waals surface area contributed by atoms with Crippen molar-refractivity contribution < 1.29 is 9.53 Å². The SMILES string of the molecule is COc1ccc(CNC(=O)/C(C#N)=C\NC2CCN(Cc3ccccc3)CC2)cc1. The van der Waals surface area contributed by atoms with Crippen molar-refractivity contribution in [1.29, 1.82) is 5.26 Å². The van der Waals surface area contributed by atoms with Crippen molar-refractivity contribution >= 4 is 5.91 Å². The summed E-state index contributed by atoms with van der Waals surface area (Å²) in [5.41, 5.74) is 2.36. The number of benzene rings is 2. The number of likely N-dealkylation sites (tertiary alicyclic amines) is 1. The molecule has 0 aliphatic carbocycles. The third-order valence-corrected chi connectivity index (χ3v) is 5.28. The molecular weight excluding hydrogens is 376 g/mol. The van der Waals surface area contributed by atoms with Gasteiger partial charge in [0.2, 0.25) is 0 Å². The summed E-state index contributed by atoms with van der Waals surface area (Å²) in [5, 5.41) is 15.4. The Morgan fingerprint density at radius 3 is 2.47 bits per heavy atom. The molecule has 1 amide bonds. The average Bonchev–Trinajstić information content (AvgIpc) is 2.80. The second kappa shape index (κ2) is 11.0. The highest BCUT2D eigenvalue weighted by Crippen LogP contribution is 2.14. The molecule has 0 bridgehead atoms. The Morgan fingerprint density at radius 2 is 1.83 bits per heavy atom. The van der Waals surface area contributed by atoms with E-state index in [1.165, 1.54) is 5.56 Å². The lowest BCUT2D eigenvalue weighted by Crippen LogP contribution is -2.40. The molecule has 156 valence electrons. The molecule has 30 heavy (non-hydrogen) atoms. The Labute approximate surface area is 178 Å². The number of amides is 1. The maximum atomic E-state index is 12.3. The second-order valence-electron chi connectivity index (χ2n) is 7.40. The van der Waals surface area contributed by atoms with Crippen LogP contribution < -0.4 is 15.4 Å². The molecule has 1 saturated heterocycles. The van der Waals surface area contributed by atoms with Gasteiger partial charge in [-0.3, -0.25) is 9.69 Å². The molecule has 0 spiro atoms. The molecule has 0 atom stereocenters. The maximum Gasteiger partial charge on any atom is 0.263 e. The largest absolute Gasteiger partial charge is 0.497 e. The normalized spacial score (nSPS) is 15.3. The van der Waals surface area contributed by atoms with E-state index in [1.807, 2.05) is 36.4 Å². The summed E-state index contributed by atoms with van der Waals surface area (Å²) in [6, 6.07) is 20.2. The smallest absolute Gasteiger partial charge is 0.263 e. The van der Waals surface area contributed by atoms with Gasteiger partial charge in [-0.1, -0.05) is 42.5 Å². The number of carbonyl (C=O) groups is 1. The van der Waals surface area contributed by atoms with Gasteiger partial charge in [0.15, 0.2) is 0 Å². The number of piperidine rings is 1. The summed E-state index contributed by atoms with van der Waals surface area (Å²) >= 11 is 0. The van der Waals surface area contributed by atoms with Crippen molar-refractivity contribution in [3.8, 4) is 11.8 Å². The van der Waals surface area contributed by atoms with Crippen molar-refractivity contribution in [2.24, 2.45) is 0 Å². The number of hydrogen-bond donors (Lipinski definition) is 2. The summed E-state index contributed by atoms with van der Waals surface area (Å²) < 4.78 is 5.13. The first-order valence-corrected chi connectivity index (χ1v) is 10.2. The van der Waals surface area contributed by atoms with Gasteiger partial charge >= 0.3 is 0 Å². The van der Waals surface area contributed by atoms with Crippen LogP contribution in [-0.2, 0) is 17.9 Å². The molecule has 0 radical (unpaired) electrons. The van der Waals surface area contributed by atoms with Crippen molar-refractivity contribution in [2.45, 2.75) is 32.0 Å². The van der Waals surface area contributed by atoms with E-state index in [9.17, 15) is 10.1 Å². The molecule has 0 aromatic heterocycles. The number of carbonyl (C=O) groups excluding carboxylic acids is 1. The number of nitriles is 1. The fourth-order valence-corrected chi connectivity index (χ4v) is 3.47. The summed E-state index contributed by atoms with van der Waals surface area (Å²) in [4.78, 5) is 14.8. The van der Waals surface area contributed by atoms with Crippen LogP contribution in [0, 0.1) is 11.3 Å². The fourth-order valence-electron chi connectivity index (χ4n) is 3.47. The first-order chi connectivity index (χ1) is 14.7. The van der Waals surface area contributed by atoms with Crippen LogP contribution >= 0.6 is 0 Å². The van der Waals surface area contributed by atoms with E-state index < -0.39 is 0 Å². The topological polar surface area (TPSA) is 77.4 Å². The standard InChI is InChI=1S/C24H28N4O2/c1-30-23-9-7-19(8-10-23)16-27-24(29)21(15-25)17-26-22-11-13-28(14-12-22)18-20-5-3-2-4-6-20/h2-10,17,22,26H,11-14,16,18H2,1H3,(H,27,29)/b21-17-. The van der Waals surface area contributed by atoms with Gasteiger partial charge in [0.1, 0.15) is 17.4 Å². The van der Waals surface area contributed by atoms with E-state index in [-0.39, 0.29) is 17.5 Å². The molecule has 1 heterocycles. The molecular formula is C24H28N4O2. The zero-order chi connectivity index (χ0) is 21.2. The molecule has 2 aromatic rings. The van der Waals surface area contributed by atoms with Gasteiger partial charge in [-0.05, 0) is 36.1 Å². The van der Waals surface area contributed by atoms with Gasteiger partial charge < -0.3 is 15.4 Å². The maximum absolute atomic E-state index is 12.3. The van der Waals surface area contributed by atoms with Crippen LogP contribution in [0.2, 0.25) is 0 Å². The van der Waals surface area contributed by atoms with Crippen LogP contribution in [0.15, 0.2) is 66.4 Å². The van der Waals surface area contributed by atoms with E-state index in [1.54, 1.807) is 13.3 Å². The number of methoxy groups -OCH3 is 1. The van der Waals surface area contributed by atoms with Crippen molar-refractivity contribution in [3.05, 3.63) is 77.5 Å². The van der Waals surface area contributed by atoms with Gasteiger partial charge in [0.25, 0.3) is 5.91 Å². The molecule has 1 aliphatic heterocycles. The van der Waals surface area contributed by atoms with Crippen LogP contribution in [0.4, 0.5) is 0 Å². The molecule has 2 aromatic carbocycles. The minimum Gasteiger partial charge on any atom is -0.497 e. The van der Waals surface area contributed by atoms with Gasteiger partial charge in [0, 0.05) is 38.4 Å². The van der Waals surface area contributed by atoms with Crippen LogP contribution in [0.5, 0.6) is 5.75 Å². The molecule has 6 nitrogen and oxygen atoms in total. The lowest BCUT2D eigenvalue weighted by Gasteiger charge is -2.32. The van der Waals surface area contributed by atoms with Crippen LogP contribution in [0.25, 0.3) is 0 Å².